The number of piperazine rings is 1. The molecule has 0 bridgehead atoms. The lowest BCUT2D eigenvalue weighted by Crippen LogP contribution is -2.58. The summed E-state index contributed by atoms with van der Waals surface area (Å²) in [5.74, 6) is 0.921. The molecule has 2 amide bonds. The van der Waals surface area contributed by atoms with Crippen molar-refractivity contribution in [2.45, 2.75) is 25.4 Å². The largest absolute Gasteiger partial charge is 0.342 e. The van der Waals surface area contributed by atoms with Crippen molar-refractivity contribution in [1.29, 1.82) is 0 Å². The zero-order chi connectivity index (χ0) is 12.7. The minimum absolute atomic E-state index is 0.0000926. The van der Waals surface area contributed by atoms with Crippen LogP contribution in [0, 0.1) is 5.92 Å². The first-order chi connectivity index (χ1) is 8.65. The van der Waals surface area contributed by atoms with Gasteiger partial charge < -0.3 is 10.2 Å². The van der Waals surface area contributed by atoms with Crippen molar-refractivity contribution in [3.8, 4) is 0 Å². The molecule has 1 saturated heterocycles. The van der Waals surface area contributed by atoms with E-state index in [4.69, 9.17) is 0 Å². The van der Waals surface area contributed by atoms with Crippen LogP contribution in [-0.2, 0) is 23.2 Å². The molecule has 1 unspecified atom stereocenters. The van der Waals surface area contributed by atoms with E-state index >= 15 is 0 Å². The number of aryl methyl sites for hydroxylation is 1. The lowest BCUT2D eigenvalue weighted by molar-refractivity contribution is -0.145. The van der Waals surface area contributed by atoms with Gasteiger partial charge in [0.2, 0.25) is 11.8 Å². The van der Waals surface area contributed by atoms with Gasteiger partial charge in [0.05, 0.1) is 6.54 Å². The predicted octanol–water partition coefficient (Wildman–Crippen LogP) is -0.948. The molecular formula is C11H15N5O2. The second-order valence-corrected chi connectivity index (χ2v) is 4.88. The van der Waals surface area contributed by atoms with E-state index in [2.05, 4.69) is 15.4 Å². The van der Waals surface area contributed by atoms with Crippen LogP contribution in [0.5, 0.6) is 0 Å². The molecule has 3 rings (SSSR count). The van der Waals surface area contributed by atoms with E-state index in [-0.39, 0.29) is 24.4 Å². The summed E-state index contributed by atoms with van der Waals surface area (Å²) in [7, 11) is 1.77. The molecule has 1 aliphatic heterocycles. The van der Waals surface area contributed by atoms with E-state index in [1.54, 1.807) is 16.6 Å². The SMILES string of the molecule is Cn1ncnc1CN1CC(=O)NC(C2CC2)C1=O. The molecular weight excluding hydrogens is 234 g/mol. The second kappa shape index (κ2) is 4.08. The average Bonchev–Trinajstić information content (AvgIpc) is 3.09. The number of nitrogens with zero attached hydrogens (tertiary/aromatic N) is 4. The van der Waals surface area contributed by atoms with Crippen LogP contribution in [0.15, 0.2) is 6.33 Å². The van der Waals surface area contributed by atoms with Crippen molar-refractivity contribution in [3.63, 3.8) is 0 Å². The highest BCUT2D eigenvalue weighted by molar-refractivity contribution is 5.95. The first-order valence-corrected chi connectivity index (χ1v) is 6.06. The van der Waals surface area contributed by atoms with Crippen molar-refractivity contribution in [2.75, 3.05) is 6.54 Å². The van der Waals surface area contributed by atoms with Crippen LogP contribution in [0.25, 0.3) is 0 Å². The number of carbonyl (C=O) groups is 2. The van der Waals surface area contributed by atoms with E-state index in [1.165, 1.54) is 6.33 Å². The van der Waals surface area contributed by atoms with Crippen molar-refractivity contribution in [3.05, 3.63) is 12.2 Å². The number of aromatic nitrogens is 3. The first-order valence-electron chi connectivity index (χ1n) is 6.06. The monoisotopic (exact) mass is 249 g/mol. The minimum Gasteiger partial charge on any atom is -0.342 e. The summed E-state index contributed by atoms with van der Waals surface area (Å²) < 4.78 is 1.62. The summed E-state index contributed by atoms with van der Waals surface area (Å²) in [6.07, 6.45) is 3.49. The van der Waals surface area contributed by atoms with Crippen LogP contribution in [0.3, 0.4) is 0 Å². The Labute approximate surface area is 104 Å². The van der Waals surface area contributed by atoms with Crippen LogP contribution < -0.4 is 5.32 Å². The number of carbonyl (C=O) groups excluding carboxylic acids is 2. The molecule has 7 heteroatoms. The second-order valence-electron chi connectivity index (χ2n) is 4.88. The van der Waals surface area contributed by atoms with Crippen LogP contribution in [0.2, 0.25) is 0 Å². The van der Waals surface area contributed by atoms with Gasteiger partial charge in [-0.05, 0) is 18.8 Å². The molecule has 18 heavy (non-hydrogen) atoms. The number of rotatable bonds is 3. The number of nitrogens with one attached hydrogen (secondary N) is 1. The average molecular weight is 249 g/mol. The van der Waals surface area contributed by atoms with Gasteiger partial charge in [-0.1, -0.05) is 0 Å². The van der Waals surface area contributed by atoms with E-state index < -0.39 is 0 Å². The van der Waals surface area contributed by atoms with Crippen molar-refractivity contribution < 1.29 is 9.59 Å². The molecule has 7 nitrogen and oxygen atoms in total. The lowest BCUT2D eigenvalue weighted by Gasteiger charge is -2.32. The zero-order valence-electron chi connectivity index (χ0n) is 10.2. The molecule has 0 spiro atoms. The molecule has 2 aliphatic rings. The van der Waals surface area contributed by atoms with Gasteiger partial charge in [0, 0.05) is 7.05 Å². The van der Waals surface area contributed by atoms with Gasteiger partial charge in [-0.2, -0.15) is 5.10 Å². The van der Waals surface area contributed by atoms with Gasteiger partial charge in [-0.25, -0.2) is 4.98 Å². The molecule has 0 radical (unpaired) electrons. The standard InChI is InChI=1S/C11H15N5O2/c1-15-8(12-6-13-15)4-16-5-9(17)14-10(11(16)18)7-2-3-7/h6-7,10H,2-5H2,1H3,(H,14,17). The highest BCUT2D eigenvalue weighted by atomic mass is 16.2. The van der Waals surface area contributed by atoms with E-state index in [0.717, 1.165) is 12.8 Å². The normalized spacial score (nSPS) is 24.3. The molecule has 2 fully saturated rings. The first kappa shape index (κ1) is 11.2. The Morgan fingerprint density at radius 1 is 1.44 bits per heavy atom. The number of amides is 2. The molecule has 2 heterocycles. The summed E-state index contributed by atoms with van der Waals surface area (Å²) in [6.45, 7) is 0.445. The molecule has 1 aromatic rings. The Bertz CT molecular complexity index is 493. The summed E-state index contributed by atoms with van der Waals surface area (Å²) in [5, 5.41) is 6.74. The summed E-state index contributed by atoms with van der Waals surface area (Å²) in [5.41, 5.74) is 0. The molecule has 0 aromatic carbocycles. The van der Waals surface area contributed by atoms with Crippen molar-refractivity contribution >= 4 is 11.8 Å². The molecule has 1 aliphatic carbocycles. The maximum absolute atomic E-state index is 12.2. The van der Waals surface area contributed by atoms with Crippen LogP contribution >= 0.6 is 0 Å². The Hall–Kier alpha value is -1.92. The van der Waals surface area contributed by atoms with Crippen LogP contribution in [0.4, 0.5) is 0 Å². The predicted molar refractivity (Wildman–Crippen MR) is 61.1 cm³/mol. The Morgan fingerprint density at radius 3 is 2.83 bits per heavy atom. The lowest BCUT2D eigenvalue weighted by atomic mass is 10.1. The summed E-state index contributed by atoms with van der Waals surface area (Å²) in [4.78, 5) is 29.5. The fourth-order valence-corrected chi connectivity index (χ4v) is 2.25. The van der Waals surface area contributed by atoms with Gasteiger partial charge in [0.1, 0.15) is 24.7 Å². The van der Waals surface area contributed by atoms with Gasteiger partial charge in [-0.3, -0.25) is 14.3 Å². The maximum Gasteiger partial charge on any atom is 0.246 e. The van der Waals surface area contributed by atoms with Gasteiger partial charge in [-0.15, -0.1) is 0 Å². The smallest absolute Gasteiger partial charge is 0.246 e. The highest BCUT2D eigenvalue weighted by Crippen LogP contribution is 2.34. The highest BCUT2D eigenvalue weighted by Gasteiger charge is 2.42. The number of hydrogen-bond acceptors (Lipinski definition) is 4. The minimum atomic E-state index is -0.334. The zero-order valence-corrected chi connectivity index (χ0v) is 10.2. The van der Waals surface area contributed by atoms with Crippen molar-refractivity contribution in [2.24, 2.45) is 13.0 Å². The van der Waals surface area contributed by atoms with Gasteiger partial charge in [0.15, 0.2) is 0 Å². The molecule has 1 aromatic heterocycles. The van der Waals surface area contributed by atoms with Crippen LogP contribution in [0.1, 0.15) is 18.7 Å². The Morgan fingerprint density at radius 2 is 2.22 bits per heavy atom. The van der Waals surface area contributed by atoms with Crippen molar-refractivity contribution in [1.82, 2.24) is 25.0 Å². The summed E-state index contributed by atoms with van der Waals surface area (Å²) >= 11 is 0. The Balaban J connectivity index is 1.76. The van der Waals surface area contributed by atoms with E-state index in [1.807, 2.05) is 0 Å². The fraction of sp³-hybridized carbons (Fsp3) is 0.636. The van der Waals surface area contributed by atoms with E-state index in [9.17, 15) is 9.59 Å². The van der Waals surface area contributed by atoms with Gasteiger partial charge >= 0.3 is 0 Å². The Kier molecular flexibility index (Phi) is 2.53. The van der Waals surface area contributed by atoms with Gasteiger partial charge in [0.25, 0.3) is 0 Å². The fourth-order valence-electron chi connectivity index (χ4n) is 2.25. The third-order valence-electron chi connectivity index (χ3n) is 3.46. The van der Waals surface area contributed by atoms with Crippen LogP contribution in [-0.4, -0.2) is 44.1 Å². The molecule has 1 saturated carbocycles. The quantitative estimate of drug-likeness (QED) is 0.749. The topological polar surface area (TPSA) is 80.1 Å². The molecule has 96 valence electrons. The number of hydrogen-bond donors (Lipinski definition) is 1. The maximum atomic E-state index is 12.2. The molecule has 1 atom stereocenters. The summed E-state index contributed by atoms with van der Waals surface area (Å²) in [6, 6.07) is -0.334. The van der Waals surface area contributed by atoms with E-state index in [0.29, 0.717) is 18.3 Å². The third kappa shape index (κ3) is 1.96. The third-order valence-corrected chi connectivity index (χ3v) is 3.46. The molecule has 1 N–H and O–H groups in total.